The molecule has 10 nitrogen and oxygen atoms in total. The van der Waals surface area contributed by atoms with Gasteiger partial charge >= 0.3 is 12.2 Å². The molecule has 0 fully saturated rings. The highest BCUT2D eigenvalue weighted by Gasteiger charge is 2.27. The van der Waals surface area contributed by atoms with Crippen molar-refractivity contribution >= 4 is 12.2 Å². The highest BCUT2D eigenvalue weighted by atomic mass is 16.6. The van der Waals surface area contributed by atoms with Crippen LogP contribution in [-0.4, -0.2) is 43.1 Å². The number of nitrogens with one attached hydrogen (secondary N) is 1. The molecule has 10 heteroatoms. The SMILES string of the molecule is CC(C)(C)OC(=O)NC(Cc1cn(C(=O)OC(C)(C)C)cn1)c1nc(Cc2ccc(-c3ccccc3)cc2)no1. The molecular weight excluding hydrogens is 510 g/mol. The molecule has 1 unspecified atom stereocenters. The highest BCUT2D eigenvalue weighted by molar-refractivity contribution is 5.71. The summed E-state index contributed by atoms with van der Waals surface area (Å²) in [6, 6.07) is 17.6. The van der Waals surface area contributed by atoms with Crippen LogP contribution in [0.5, 0.6) is 0 Å². The lowest BCUT2D eigenvalue weighted by molar-refractivity contribution is 0.0489. The van der Waals surface area contributed by atoms with Crippen molar-refractivity contribution in [2.45, 2.75) is 71.6 Å². The first-order valence-corrected chi connectivity index (χ1v) is 13.1. The van der Waals surface area contributed by atoms with Crippen molar-refractivity contribution in [1.29, 1.82) is 0 Å². The maximum atomic E-state index is 12.6. The summed E-state index contributed by atoms with van der Waals surface area (Å²) in [6.45, 7) is 10.7. The highest BCUT2D eigenvalue weighted by Crippen LogP contribution is 2.22. The molecule has 40 heavy (non-hydrogen) atoms. The Bertz CT molecular complexity index is 1430. The van der Waals surface area contributed by atoms with E-state index in [2.05, 4.69) is 44.7 Å². The second-order valence-corrected chi connectivity index (χ2v) is 11.4. The Balaban J connectivity index is 1.49. The Morgan fingerprint density at radius 3 is 2.23 bits per heavy atom. The fraction of sp³-hybridized carbons (Fsp3) is 0.367. The summed E-state index contributed by atoms with van der Waals surface area (Å²) in [4.78, 5) is 33.9. The van der Waals surface area contributed by atoms with E-state index >= 15 is 0 Å². The van der Waals surface area contributed by atoms with Crippen LogP contribution >= 0.6 is 0 Å². The predicted octanol–water partition coefficient (Wildman–Crippen LogP) is 6.12. The molecule has 0 saturated heterocycles. The van der Waals surface area contributed by atoms with Gasteiger partial charge in [-0.1, -0.05) is 59.8 Å². The largest absolute Gasteiger partial charge is 0.444 e. The lowest BCUT2D eigenvalue weighted by Crippen LogP contribution is -2.36. The van der Waals surface area contributed by atoms with Crippen molar-refractivity contribution in [3.63, 3.8) is 0 Å². The van der Waals surface area contributed by atoms with Gasteiger partial charge in [-0.2, -0.15) is 4.98 Å². The number of hydrogen-bond donors (Lipinski definition) is 1. The van der Waals surface area contributed by atoms with Crippen LogP contribution in [-0.2, 0) is 22.3 Å². The first-order valence-electron chi connectivity index (χ1n) is 13.1. The Hall–Kier alpha value is -4.47. The summed E-state index contributed by atoms with van der Waals surface area (Å²) in [5.74, 6) is 0.673. The van der Waals surface area contributed by atoms with Gasteiger partial charge in [0.15, 0.2) is 5.82 Å². The predicted molar refractivity (Wildman–Crippen MR) is 149 cm³/mol. The van der Waals surface area contributed by atoms with Gasteiger partial charge in [-0.05, 0) is 58.2 Å². The van der Waals surface area contributed by atoms with Gasteiger partial charge in [-0.3, -0.25) is 0 Å². The molecule has 0 aliphatic heterocycles. The summed E-state index contributed by atoms with van der Waals surface area (Å²) < 4.78 is 17.6. The van der Waals surface area contributed by atoms with Crippen molar-refractivity contribution in [1.82, 2.24) is 25.0 Å². The molecule has 1 N–H and O–H groups in total. The molecule has 4 aromatic rings. The molecule has 0 spiro atoms. The Labute approximate surface area is 233 Å². The molecule has 0 aliphatic rings. The van der Waals surface area contributed by atoms with Crippen LogP contribution < -0.4 is 5.32 Å². The Morgan fingerprint density at radius 2 is 1.57 bits per heavy atom. The monoisotopic (exact) mass is 545 g/mol. The number of aromatic nitrogens is 4. The van der Waals surface area contributed by atoms with Crippen LogP contribution in [0.1, 0.15) is 70.6 Å². The van der Waals surface area contributed by atoms with E-state index in [1.807, 2.05) is 30.3 Å². The van der Waals surface area contributed by atoms with Crippen molar-refractivity contribution in [3.05, 3.63) is 90.1 Å². The molecule has 2 aromatic heterocycles. The minimum atomic E-state index is -0.737. The third kappa shape index (κ3) is 8.26. The van der Waals surface area contributed by atoms with Crippen LogP contribution in [0.2, 0.25) is 0 Å². The number of rotatable bonds is 7. The van der Waals surface area contributed by atoms with Gasteiger partial charge in [0.1, 0.15) is 23.6 Å². The Kier molecular flexibility index (Phi) is 8.37. The summed E-state index contributed by atoms with van der Waals surface area (Å²) in [5.41, 5.74) is 2.44. The molecule has 210 valence electrons. The van der Waals surface area contributed by atoms with Crippen molar-refractivity contribution < 1.29 is 23.6 Å². The number of benzene rings is 2. The van der Waals surface area contributed by atoms with Gasteiger partial charge < -0.3 is 19.3 Å². The fourth-order valence-electron chi connectivity index (χ4n) is 3.85. The van der Waals surface area contributed by atoms with Gasteiger partial charge in [0.2, 0.25) is 5.89 Å². The van der Waals surface area contributed by atoms with E-state index in [0.717, 1.165) is 16.7 Å². The third-order valence-electron chi connectivity index (χ3n) is 5.55. The van der Waals surface area contributed by atoms with E-state index in [1.54, 1.807) is 47.7 Å². The zero-order valence-corrected chi connectivity index (χ0v) is 23.7. The first kappa shape index (κ1) is 28.5. The normalized spacial score (nSPS) is 12.6. The standard InChI is InChI=1S/C30H35N5O5/c1-29(2,3)38-27(36)32-24(17-23-18-35(19-31-23)28(37)39-30(4,5)6)26-33-25(34-40-26)16-20-12-14-22(15-13-20)21-10-8-7-9-11-21/h7-15,18-19,24H,16-17H2,1-6H3,(H,32,36). The zero-order valence-electron chi connectivity index (χ0n) is 23.7. The van der Waals surface area contributed by atoms with Gasteiger partial charge in [-0.15, -0.1) is 0 Å². The zero-order chi connectivity index (χ0) is 28.9. The lowest BCUT2D eigenvalue weighted by Gasteiger charge is -2.22. The number of amides is 1. The average molecular weight is 546 g/mol. The van der Waals surface area contributed by atoms with Crippen molar-refractivity contribution in [2.24, 2.45) is 0 Å². The topological polar surface area (TPSA) is 121 Å². The molecule has 1 atom stereocenters. The number of carbonyl (C=O) groups is 2. The number of ether oxygens (including phenoxy) is 2. The van der Waals surface area contributed by atoms with Crippen LogP contribution in [0.4, 0.5) is 9.59 Å². The van der Waals surface area contributed by atoms with Gasteiger partial charge in [0.05, 0.1) is 5.69 Å². The second kappa shape index (κ2) is 11.7. The number of imidazole rings is 1. The minimum Gasteiger partial charge on any atom is -0.444 e. The average Bonchev–Trinajstić information content (AvgIpc) is 3.52. The fourth-order valence-corrected chi connectivity index (χ4v) is 3.85. The van der Waals surface area contributed by atoms with Crippen molar-refractivity contribution in [3.8, 4) is 11.1 Å². The summed E-state index contributed by atoms with van der Waals surface area (Å²) >= 11 is 0. The summed E-state index contributed by atoms with van der Waals surface area (Å²) in [7, 11) is 0. The summed E-state index contributed by atoms with van der Waals surface area (Å²) in [6.07, 6.45) is 2.35. The molecule has 2 heterocycles. The van der Waals surface area contributed by atoms with E-state index < -0.39 is 29.4 Å². The molecule has 0 radical (unpaired) electrons. The van der Waals surface area contributed by atoms with E-state index in [-0.39, 0.29) is 12.3 Å². The first-order chi connectivity index (χ1) is 18.8. The van der Waals surface area contributed by atoms with Crippen LogP contribution in [0.3, 0.4) is 0 Å². The molecule has 2 aromatic carbocycles. The van der Waals surface area contributed by atoms with Crippen LogP contribution in [0.15, 0.2) is 71.6 Å². The maximum Gasteiger partial charge on any atom is 0.419 e. The van der Waals surface area contributed by atoms with Gasteiger partial charge in [0, 0.05) is 19.0 Å². The Morgan fingerprint density at radius 1 is 0.925 bits per heavy atom. The van der Waals surface area contributed by atoms with E-state index in [9.17, 15) is 9.59 Å². The van der Waals surface area contributed by atoms with Crippen molar-refractivity contribution in [2.75, 3.05) is 0 Å². The quantitative estimate of drug-likeness (QED) is 0.295. The molecule has 4 rings (SSSR count). The second-order valence-electron chi connectivity index (χ2n) is 11.4. The minimum absolute atomic E-state index is 0.183. The number of carbonyl (C=O) groups excluding carboxylic acids is 2. The smallest absolute Gasteiger partial charge is 0.419 e. The van der Waals surface area contributed by atoms with Crippen LogP contribution in [0.25, 0.3) is 11.1 Å². The molecule has 0 aliphatic carbocycles. The number of alkyl carbamates (subject to hydrolysis) is 1. The van der Waals surface area contributed by atoms with Crippen LogP contribution in [0, 0.1) is 0 Å². The lowest BCUT2D eigenvalue weighted by atomic mass is 10.0. The molecule has 0 saturated carbocycles. The maximum absolute atomic E-state index is 12.6. The van der Waals surface area contributed by atoms with E-state index in [0.29, 0.717) is 17.9 Å². The molecule has 0 bridgehead atoms. The van der Waals surface area contributed by atoms with Gasteiger partial charge in [-0.25, -0.2) is 19.1 Å². The van der Waals surface area contributed by atoms with E-state index in [1.165, 1.54) is 10.9 Å². The molecular formula is C30H35N5O5. The number of nitrogens with zero attached hydrogens (tertiary/aromatic N) is 4. The third-order valence-corrected chi connectivity index (χ3v) is 5.55. The molecule has 1 amide bonds. The van der Waals surface area contributed by atoms with Gasteiger partial charge in [0.25, 0.3) is 0 Å². The summed E-state index contributed by atoms with van der Waals surface area (Å²) in [5, 5.41) is 6.93. The number of hydrogen-bond acceptors (Lipinski definition) is 8. The van der Waals surface area contributed by atoms with E-state index in [4.69, 9.17) is 14.0 Å².